The summed E-state index contributed by atoms with van der Waals surface area (Å²) in [5.41, 5.74) is 5.85. The first-order valence-corrected chi connectivity index (χ1v) is 7.66. The molecule has 1 amide bonds. The predicted octanol–water partition coefficient (Wildman–Crippen LogP) is 4.85. The fourth-order valence-electron chi connectivity index (χ4n) is 1.95. The molecule has 0 radical (unpaired) electrons. The van der Waals surface area contributed by atoms with Crippen LogP contribution in [0.5, 0.6) is 0 Å². The minimum absolute atomic E-state index is 0.300. The molecule has 22 heavy (non-hydrogen) atoms. The maximum atomic E-state index is 12.1. The van der Waals surface area contributed by atoms with E-state index in [4.69, 9.17) is 23.2 Å². The van der Waals surface area contributed by atoms with E-state index in [1.54, 1.807) is 12.1 Å². The molecule has 0 saturated carbocycles. The zero-order valence-corrected chi connectivity index (χ0v) is 13.9. The minimum atomic E-state index is -0.361. The molecule has 2 rings (SSSR count). The summed E-state index contributed by atoms with van der Waals surface area (Å²) < 4.78 is 0. The first-order chi connectivity index (χ1) is 10.5. The van der Waals surface area contributed by atoms with Crippen LogP contribution in [0.3, 0.4) is 0 Å². The van der Waals surface area contributed by atoms with Crippen LogP contribution in [0.2, 0.25) is 10.0 Å². The highest BCUT2D eigenvalue weighted by molar-refractivity contribution is 6.36. The number of rotatable bonds is 4. The summed E-state index contributed by atoms with van der Waals surface area (Å²) >= 11 is 11.8. The molecule has 0 spiro atoms. The van der Waals surface area contributed by atoms with Crippen LogP contribution in [0.25, 0.3) is 0 Å². The number of hydrazone groups is 1. The quantitative estimate of drug-likeness (QED) is 0.630. The number of hydrogen-bond donors (Lipinski definition) is 1. The van der Waals surface area contributed by atoms with Gasteiger partial charge < -0.3 is 0 Å². The lowest BCUT2D eigenvalue weighted by Gasteiger charge is -2.07. The molecule has 0 aliphatic rings. The van der Waals surface area contributed by atoms with E-state index in [1.807, 2.05) is 38.1 Å². The molecule has 0 atom stereocenters. The van der Waals surface area contributed by atoms with Crippen molar-refractivity contribution >= 4 is 34.8 Å². The summed E-state index contributed by atoms with van der Waals surface area (Å²) in [5.74, 6) is -0.361. The Bertz CT molecular complexity index is 709. The molecule has 0 aromatic heterocycles. The number of aryl methyl sites for hydroxylation is 1. The molecular formula is C17H16Cl2N2O. The number of hydrogen-bond acceptors (Lipinski definition) is 2. The van der Waals surface area contributed by atoms with Gasteiger partial charge in [-0.15, -0.1) is 0 Å². The van der Waals surface area contributed by atoms with E-state index < -0.39 is 0 Å². The first kappa shape index (κ1) is 16.5. The Hall–Kier alpha value is -1.84. The Labute approximate surface area is 139 Å². The van der Waals surface area contributed by atoms with Crippen molar-refractivity contribution in [3.05, 3.63) is 69.2 Å². The number of carbonyl (C=O) groups excluding carboxylic acids is 1. The molecule has 0 heterocycles. The third-order valence-electron chi connectivity index (χ3n) is 3.19. The topological polar surface area (TPSA) is 41.5 Å². The fraction of sp³-hybridized carbons (Fsp3) is 0.176. The molecule has 0 aliphatic heterocycles. The van der Waals surface area contributed by atoms with Crippen LogP contribution in [0.1, 0.15) is 34.8 Å². The van der Waals surface area contributed by atoms with Gasteiger partial charge in [-0.2, -0.15) is 5.10 Å². The summed E-state index contributed by atoms with van der Waals surface area (Å²) in [4.78, 5) is 12.1. The van der Waals surface area contributed by atoms with Crippen molar-refractivity contribution in [1.29, 1.82) is 0 Å². The summed E-state index contributed by atoms with van der Waals surface area (Å²) in [5, 5.41) is 4.99. The molecule has 1 N–H and O–H groups in total. The van der Waals surface area contributed by atoms with E-state index in [9.17, 15) is 4.79 Å². The standard InChI is InChI=1S/C17H16Cl2N2O/c1-3-16(12-6-4-11(2)5-7-12)20-21-17(22)14-9-8-13(18)10-15(14)19/h4-10H,3H2,1-2H3,(H,21,22). The summed E-state index contributed by atoms with van der Waals surface area (Å²) in [6, 6.07) is 12.7. The van der Waals surface area contributed by atoms with E-state index in [-0.39, 0.29) is 5.91 Å². The van der Waals surface area contributed by atoms with Crippen molar-refractivity contribution in [2.75, 3.05) is 0 Å². The van der Waals surface area contributed by atoms with Crippen molar-refractivity contribution < 1.29 is 4.79 Å². The van der Waals surface area contributed by atoms with Crippen LogP contribution in [0.4, 0.5) is 0 Å². The Morgan fingerprint density at radius 1 is 1.14 bits per heavy atom. The van der Waals surface area contributed by atoms with Gasteiger partial charge in [0.25, 0.3) is 5.91 Å². The van der Waals surface area contributed by atoms with Gasteiger partial charge in [-0.05, 0) is 37.1 Å². The molecule has 114 valence electrons. The van der Waals surface area contributed by atoms with Crippen LogP contribution in [-0.2, 0) is 0 Å². The minimum Gasteiger partial charge on any atom is -0.267 e. The zero-order chi connectivity index (χ0) is 16.1. The number of benzene rings is 2. The molecule has 0 bridgehead atoms. The van der Waals surface area contributed by atoms with Crippen LogP contribution in [0, 0.1) is 6.92 Å². The van der Waals surface area contributed by atoms with Gasteiger partial charge in [0.1, 0.15) is 0 Å². The smallest absolute Gasteiger partial charge is 0.267 e. The second-order valence-corrected chi connectivity index (χ2v) is 5.69. The van der Waals surface area contributed by atoms with Crippen molar-refractivity contribution in [1.82, 2.24) is 5.43 Å². The number of halogens is 2. The van der Waals surface area contributed by atoms with E-state index in [2.05, 4.69) is 10.5 Å². The average molecular weight is 335 g/mol. The molecule has 0 saturated heterocycles. The molecule has 2 aromatic carbocycles. The Kier molecular flexibility index (Phi) is 5.58. The second-order valence-electron chi connectivity index (χ2n) is 4.84. The van der Waals surface area contributed by atoms with Crippen molar-refractivity contribution in [2.45, 2.75) is 20.3 Å². The normalized spacial score (nSPS) is 11.4. The van der Waals surface area contributed by atoms with Gasteiger partial charge in [0.15, 0.2) is 0 Å². The lowest BCUT2D eigenvalue weighted by atomic mass is 10.1. The van der Waals surface area contributed by atoms with Gasteiger partial charge in [0.05, 0.1) is 16.3 Å². The third kappa shape index (κ3) is 4.09. The SMILES string of the molecule is CCC(=NNC(=O)c1ccc(Cl)cc1Cl)c1ccc(C)cc1. The number of carbonyl (C=O) groups is 1. The highest BCUT2D eigenvalue weighted by Crippen LogP contribution is 2.20. The monoisotopic (exact) mass is 334 g/mol. The van der Waals surface area contributed by atoms with Crippen LogP contribution in [-0.4, -0.2) is 11.6 Å². The summed E-state index contributed by atoms with van der Waals surface area (Å²) in [7, 11) is 0. The highest BCUT2D eigenvalue weighted by Gasteiger charge is 2.10. The second kappa shape index (κ2) is 7.43. The summed E-state index contributed by atoms with van der Waals surface area (Å²) in [6.45, 7) is 4.01. The van der Waals surface area contributed by atoms with E-state index in [0.29, 0.717) is 22.0 Å². The average Bonchev–Trinajstić information content (AvgIpc) is 2.49. The molecule has 0 unspecified atom stereocenters. The molecule has 0 fully saturated rings. The summed E-state index contributed by atoms with van der Waals surface area (Å²) in [6.07, 6.45) is 0.706. The Morgan fingerprint density at radius 3 is 2.41 bits per heavy atom. The molecule has 0 aliphatic carbocycles. The van der Waals surface area contributed by atoms with Crippen LogP contribution in [0.15, 0.2) is 47.6 Å². The number of amides is 1. The van der Waals surface area contributed by atoms with E-state index >= 15 is 0 Å². The van der Waals surface area contributed by atoms with Gasteiger partial charge in [-0.25, -0.2) is 5.43 Å². The van der Waals surface area contributed by atoms with E-state index in [0.717, 1.165) is 11.3 Å². The molecule has 2 aromatic rings. The molecular weight excluding hydrogens is 319 g/mol. The zero-order valence-electron chi connectivity index (χ0n) is 12.4. The van der Waals surface area contributed by atoms with Gasteiger partial charge in [0, 0.05) is 5.02 Å². The van der Waals surface area contributed by atoms with Gasteiger partial charge in [0.2, 0.25) is 0 Å². The Morgan fingerprint density at radius 2 is 1.82 bits per heavy atom. The largest absolute Gasteiger partial charge is 0.272 e. The van der Waals surface area contributed by atoms with Gasteiger partial charge >= 0.3 is 0 Å². The first-order valence-electron chi connectivity index (χ1n) is 6.90. The van der Waals surface area contributed by atoms with Gasteiger partial charge in [-0.1, -0.05) is 60.0 Å². The highest BCUT2D eigenvalue weighted by atomic mass is 35.5. The maximum absolute atomic E-state index is 12.1. The lowest BCUT2D eigenvalue weighted by molar-refractivity contribution is 0.0955. The van der Waals surface area contributed by atoms with E-state index in [1.165, 1.54) is 11.6 Å². The van der Waals surface area contributed by atoms with Crippen molar-refractivity contribution in [3.63, 3.8) is 0 Å². The Balaban J connectivity index is 2.17. The predicted molar refractivity (Wildman–Crippen MR) is 91.9 cm³/mol. The number of nitrogens with one attached hydrogen (secondary N) is 1. The van der Waals surface area contributed by atoms with Gasteiger partial charge in [-0.3, -0.25) is 4.79 Å². The van der Waals surface area contributed by atoms with Crippen molar-refractivity contribution in [2.24, 2.45) is 5.10 Å². The molecule has 5 heteroatoms. The maximum Gasteiger partial charge on any atom is 0.272 e. The fourth-order valence-corrected chi connectivity index (χ4v) is 2.44. The van der Waals surface area contributed by atoms with Crippen LogP contribution < -0.4 is 5.43 Å². The van der Waals surface area contributed by atoms with Crippen molar-refractivity contribution in [3.8, 4) is 0 Å². The number of nitrogens with zero attached hydrogens (tertiary/aromatic N) is 1. The van der Waals surface area contributed by atoms with Crippen LogP contribution >= 0.6 is 23.2 Å². The molecule has 3 nitrogen and oxygen atoms in total. The lowest BCUT2D eigenvalue weighted by Crippen LogP contribution is -2.20. The third-order valence-corrected chi connectivity index (χ3v) is 3.74.